The molecule has 7 heteroatoms. The van der Waals surface area contributed by atoms with Crippen molar-refractivity contribution in [3.8, 4) is 11.4 Å². The Morgan fingerprint density at radius 3 is 2.42 bits per heavy atom. The molecule has 0 radical (unpaired) electrons. The first-order chi connectivity index (χ1) is 10.8. The van der Waals surface area contributed by atoms with Crippen molar-refractivity contribution in [1.29, 1.82) is 0 Å². The van der Waals surface area contributed by atoms with Gasteiger partial charge in [0.1, 0.15) is 0 Å². The first kappa shape index (κ1) is 20.1. The number of hydrogen-bond acceptors (Lipinski definition) is 4. The Hall–Kier alpha value is -1.92. The summed E-state index contributed by atoms with van der Waals surface area (Å²) in [7, 11) is 1.82. The maximum Gasteiger partial charge on any atom is 0.249 e. The Morgan fingerprint density at radius 2 is 1.88 bits per heavy atom. The first-order valence-electron chi connectivity index (χ1n) is 7.80. The summed E-state index contributed by atoms with van der Waals surface area (Å²) in [4.78, 5) is 16.3. The molecule has 1 heterocycles. The van der Waals surface area contributed by atoms with Gasteiger partial charge in [0, 0.05) is 18.0 Å². The van der Waals surface area contributed by atoms with Gasteiger partial charge in [-0.15, -0.1) is 17.5 Å². The number of halogens is 1. The zero-order valence-electron chi connectivity index (χ0n) is 14.8. The molecular formula is C17H26ClN5O. The number of nitrogens with one attached hydrogen (secondary N) is 3. The molecule has 2 rings (SSSR count). The van der Waals surface area contributed by atoms with E-state index in [-0.39, 0.29) is 29.6 Å². The maximum absolute atomic E-state index is 12.0. The molecule has 0 aliphatic heterocycles. The molecule has 24 heavy (non-hydrogen) atoms. The van der Waals surface area contributed by atoms with E-state index in [0.29, 0.717) is 18.3 Å². The van der Waals surface area contributed by atoms with Crippen LogP contribution in [0, 0.1) is 5.92 Å². The minimum absolute atomic E-state index is 0. The summed E-state index contributed by atoms with van der Waals surface area (Å²) in [5.41, 5.74) is 2.31. The molecule has 6 nitrogen and oxygen atoms in total. The second-order valence-electron chi connectivity index (χ2n) is 6.78. The van der Waals surface area contributed by atoms with Gasteiger partial charge >= 0.3 is 0 Å². The minimum atomic E-state index is -0.145. The molecule has 0 saturated carbocycles. The zero-order valence-corrected chi connectivity index (χ0v) is 15.6. The summed E-state index contributed by atoms with van der Waals surface area (Å²) in [6.07, 6.45) is 0. The van der Waals surface area contributed by atoms with Gasteiger partial charge < -0.3 is 5.32 Å². The lowest BCUT2D eigenvalue weighted by molar-refractivity contribution is -0.119. The Kier molecular flexibility index (Phi) is 6.93. The summed E-state index contributed by atoms with van der Waals surface area (Å²) in [5, 5.41) is 12.6. The van der Waals surface area contributed by atoms with Crippen molar-refractivity contribution in [2.45, 2.75) is 33.1 Å². The van der Waals surface area contributed by atoms with Crippen molar-refractivity contribution in [2.75, 3.05) is 18.9 Å². The number of carbonyl (C=O) groups excluding carboxylic acids is 1. The third-order valence-electron chi connectivity index (χ3n) is 3.70. The van der Waals surface area contributed by atoms with E-state index < -0.39 is 0 Å². The van der Waals surface area contributed by atoms with Crippen LogP contribution in [0.3, 0.4) is 0 Å². The highest BCUT2D eigenvalue weighted by molar-refractivity contribution is 5.91. The van der Waals surface area contributed by atoms with Crippen LogP contribution in [0.2, 0.25) is 0 Å². The van der Waals surface area contributed by atoms with Crippen LogP contribution in [0.5, 0.6) is 0 Å². The average molecular weight is 352 g/mol. The monoisotopic (exact) mass is 351 g/mol. The molecule has 0 bridgehead atoms. The molecule has 0 spiro atoms. The van der Waals surface area contributed by atoms with Crippen LogP contribution in [0.4, 0.5) is 5.95 Å². The number of anilines is 1. The predicted octanol–water partition coefficient (Wildman–Crippen LogP) is 2.99. The van der Waals surface area contributed by atoms with Gasteiger partial charge in [0.15, 0.2) is 5.82 Å². The second kappa shape index (κ2) is 8.26. The van der Waals surface area contributed by atoms with Crippen LogP contribution in [-0.4, -0.2) is 34.7 Å². The molecular weight excluding hydrogens is 326 g/mol. The molecule has 2 aromatic rings. The van der Waals surface area contributed by atoms with Gasteiger partial charge in [-0.05, 0) is 18.0 Å². The number of carbonyl (C=O) groups is 1. The molecule has 0 fully saturated rings. The van der Waals surface area contributed by atoms with E-state index in [2.05, 4.69) is 58.7 Å². The van der Waals surface area contributed by atoms with Crippen LogP contribution in [0.25, 0.3) is 11.4 Å². The summed E-state index contributed by atoms with van der Waals surface area (Å²) in [5.74, 6) is 0.691. The zero-order chi connectivity index (χ0) is 17.0. The lowest BCUT2D eigenvalue weighted by Crippen LogP contribution is -2.28. The Morgan fingerprint density at radius 1 is 1.25 bits per heavy atom. The van der Waals surface area contributed by atoms with E-state index in [1.165, 1.54) is 5.56 Å². The van der Waals surface area contributed by atoms with Gasteiger partial charge in [-0.1, -0.05) is 52.0 Å². The highest BCUT2D eigenvalue weighted by Gasteiger charge is 2.16. The molecule has 1 aromatic heterocycles. The fraction of sp³-hybridized carbons (Fsp3) is 0.471. The summed E-state index contributed by atoms with van der Waals surface area (Å²) in [6, 6.07) is 8.20. The maximum atomic E-state index is 12.0. The number of benzene rings is 1. The van der Waals surface area contributed by atoms with Crippen molar-refractivity contribution < 1.29 is 4.79 Å². The number of H-pyrrole nitrogens is 1. The molecule has 0 aliphatic rings. The number of rotatable bonds is 5. The van der Waals surface area contributed by atoms with E-state index in [1.807, 2.05) is 26.1 Å². The van der Waals surface area contributed by atoms with Gasteiger partial charge in [-0.25, -0.2) is 0 Å². The predicted molar refractivity (Wildman–Crippen MR) is 99.5 cm³/mol. The van der Waals surface area contributed by atoms with E-state index in [1.54, 1.807) is 0 Å². The Bertz CT molecular complexity index is 660. The van der Waals surface area contributed by atoms with Crippen molar-refractivity contribution in [1.82, 2.24) is 20.5 Å². The normalized spacial score (nSPS) is 12.4. The molecule has 0 saturated heterocycles. The van der Waals surface area contributed by atoms with Gasteiger partial charge in [-0.3, -0.25) is 15.2 Å². The lowest BCUT2D eigenvalue weighted by Gasteiger charge is -2.18. The fourth-order valence-electron chi connectivity index (χ4n) is 2.21. The van der Waals surface area contributed by atoms with E-state index in [9.17, 15) is 4.79 Å². The van der Waals surface area contributed by atoms with Crippen LogP contribution >= 0.6 is 12.4 Å². The van der Waals surface area contributed by atoms with Crippen LogP contribution < -0.4 is 10.6 Å². The van der Waals surface area contributed by atoms with Crippen molar-refractivity contribution >= 4 is 24.3 Å². The summed E-state index contributed by atoms with van der Waals surface area (Å²) in [6.45, 7) is 8.99. The van der Waals surface area contributed by atoms with E-state index >= 15 is 0 Å². The van der Waals surface area contributed by atoms with Gasteiger partial charge in [0.05, 0.1) is 0 Å². The number of amides is 1. The largest absolute Gasteiger partial charge is 0.319 e. The third kappa shape index (κ3) is 5.04. The van der Waals surface area contributed by atoms with Gasteiger partial charge in [-0.2, -0.15) is 4.98 Å². The number of hydrogen-bond donors (Lipinski definition) is 3. The van der Waals surface area contributed by atoms with Gasteiger partial charge in [0.2, 0.25) is 11.9 Å². The molecule has 1 atom stereocenters. The number of aromatic nitrogens is 3. The number of nitrogens with zero attached hydrogens (tertiary/aromatic N) is 2. The lowest BCUT2D eigenvalue weighted by atomic mass is 9.87. The quantitative estimate of drug-likeness (QED) is 0.773. The van der Waals surface area contributed by atoms with Crippen molar-refractivity contribution in [2.24, 2.45) is 5.92 Å². The van der Waals surface area contributed by atoms with Crippen LogP contribution in [0.1, 0.15) is 33.3 Å². The molecule has 3 N–H and O–H groups in total. The topological polar surface area (TPSA) is 82.7 Å². The second-order valence-corrected chi connectivity index (χ2v) is 6.78. The molecule has 1 unspecified atom stereocenters. The van der Waals surface area contributed by atoms with Crippen molar-refractivity contribution in [3.63, 3.8) is 0 Å². The van der Waals surface area contributed by atoms with Gasteiger partial charge in [0.25, 0.3) is 0 Å². The van der Waals surface area contributed by atoms with E-state index in [0.717, 1.165) is 5.56 Å². The molecule has 1 amide bonds. The van der Waals surface area contributed by atoms with Crippen LogP contribution in [-0.2, 0) is 10.2 Å². The minimum Gasteiger partial charge on any atom is -0.319 e. The van der Waals surface area contributed by atoms with E-state index in [4.69, 9.17) is 0 Å². The highest BCUT2D eigenvalue weighted by Crippen LogP contribution is 2.25. The van der Waals surface area contributed by atoms with Crippen molar-refractivity contribution in [3.05, 3.63) is 29.8 Å². The highest BCUT2D eigenvalue weighted by atomic mass is 35.5. The molecule has 132 valence electrons. The Labute approximate surface area is 149 Å². The average Bonchev–Trinajstić information content (AvgIpc) is 2.95. The number of aromatic amines is 1. The smallest absolute Gasteiger partial charge is 0.249 e. The first-order valence-corrected chi connectivity index (χ1v) is 7.80. The molecule has 1 aromatic carbocycles. The summed E-state index contributed by atoms with van der Waals surface area (Å²) >= 11 is 0. The summed E-state index contributed by atoms with van der Waals surface area (Å²) < 4.78 is 0. The fourth-order valence-corrected chi connectivity index (χ4v) is 2.21. The van der Waals surface area contributed by atoms with Crippen LogP contribution in [0.15, 0.2) is 24.3 Å². The molecule has 0 aliphatic carbocycles. The third-order valence-corrected chi connectivity index (χ3v) is 3.70. The SMILES string of the molecule is CNCC(C)C(=O)Nc1n[nH]c(-c2ccc(C(C)(C)C)cc2)n1.Cl. The Balaban J connectivity index is 0.00000288. The standard InChI is InChI=1S/C17H25N5O.ClH/c1-11(10-18-5)15(23)20-16-19-14(21-22-16)12-6-8-13(9-7-12)17(2,3)4;/h6-9,11,18H,10H2,1-5H3,(H2,19,20,21,22,23);1H.